The first-order chi connectivity index (χ1) is 4.91. The van der Waals surface area contributed by atoms with Crippen molar-refractivity contribution >= 4 is 0 Å². The molecule has 1 aromatic rings. The topological polar surface area (TPSA) is 15.8 Å². The molecule has 0 aliphatic carbocycles. The Bertz CT molecular complexity index is 148. The van der Waals surface area contributed by atoms with Crippen molar-refractivity contribution < 1.29 is 21.7 Å². The summed E-state index contributed by atoms with van der Waals surface area (Å²) in [6.07, 6.45) is 9.71. The van der Waals surface area contributed by atoms with Crippen molar-refractivity contribution in [2.45, 2.75) is 6.92 Å². The minimum atomic E-state index is 0. The fourth-order valence-electron chi connectivity index (χ4n) is 0.352. The van der Waals surface area contributed by atoms with Crippen LogP contribution in [0.15, 0.2) is 36.6 Å². The van der Waals surface area contributed by atoms with Crippen LogP contribution >= 0.6 is 0 Å². The second-order valence-electron chi connectivity index (χ2n) is 1.53. The molecule has 0 spiro atoms. The number of allylic oxidation sites excluding steroid dienone is 3. The van der Waals surface area contributed by atoms with Crippen molar-refractivity contribution in [2.75, 3.05) is 0 Å². The van der Waals surface area contributed by atoms with Gasteiger partial charge in [0, 0.05) is 0 Å². The van der Waals surface area contributed by atoms with Gasteiger partial charge in [-0.05, 0) is 0 Å². The van der Waals surface area contributed by atoms with Gasteiger partial charge in [0.15, 0.2) is 0 Å². The molecule has 0 aliphatic heterocycles. The van der Waals surface area contributed by atoms with Gasteiger partial charge in [-0.15, -0.1) is 6.20 Å². The van der Waals surface area contributed by atoms with E-state index in [9.17, 15) is 0 Å². The van der Waals surface area contributed by atoms with Crippen molar-refractivity contribution in [3.8, 4) is 0 Å². The summed E-state index contributed by atoms with van der Waals surface area (Å²) in [6, 6.07) is 3.71. The van der Waals surface area contributed by atoms with Gasteiger partial charge in [-0.3, -0.25) is 6.58 Å². The molecule has 1 N–H and O–H groups in total. The van der Waals surface area contributed by atoms with Crippen LogP contribution in [0.25, 0.3) is 0 Å². The zero-order valence-corrected chi connectivity index (χ0v) is 8.10. The summed E-state index contributed by atoms with van der Waals surface area (Å²) in [4.78, 5) is 2.74. The van der Waals surface area contributed by atoms with Crippen molar-refractivity contribution in [1.29, 1.82) is 0 Å². The normalized spacial score (nSPS) is 7.73. The number of aromatic amines is 1. The van der Waals surface area contributed by atoms with Crippen LogP contribution in [-0.2, 0) is 21.7 Å². The zero-order chi connectivity index (χ0) is 7.66. The maximum absolute atomic E-state index is 4.93. The molecule has 0 aromatic carbocycles. The molecule has 1 rings (SSSR count). The van der Waals surface area contributed by atoms with Crippen molar-refractivity contribution in [3.63, 3.8) is 0 Å². The van der Waals surface area contributed by atoms with E-state index < -0.39 is 0 Å². The molecule has 0 saturated heterocycles. The third-order valence-corrected chi connectivity index (χ3v) is 0.746. The summed E-state index contributed by atoms with van der Waals surface area (Å²) < 4.78 is 0. The van der Waals surface area contributed by atoms with Crippen LogP contribution in [0, 0.1) is 12.8 Å². The average Bonchev–Trinajstić information content (AvgIpc) is 2.44. The van der Waals surface area contributed by atoms with Crippen LogP contribution in [0.4, 0.5) is 0 Å². The summed E-state index contributed by atoms with van der Waals surface area (Å²) in [5.41, 5.74) is 0. The number of rotatable bonds is 1. The second-order valence-corrected chi connectivity index (χ2v) is 1.53. The molecule has 1 nitrogen and oxygen atoms in total. The summed E-state index contributed by atoms with van der Waals surface area (Å²) in [7, 11) is 0. The van der Waals surface area contributed by atoms with E-state index in [-0.39, 0.29) is 21.7 Å². The van der Waals surface area contributed by atoms with E-state index in [0.29, 0.717) is 0 Å². The molecule has 0 saturated carbocycles. The molecular formula is C9H11NTi. The molecular weight excluding hydrogens is 170 g/mol. The first-order valence-electron chi connectivity index (χ1n) is 3.07. The van der Waals surface area contributed by atoms with Crippen LogP contribution in [0.3, 0.4) is 0 Å². The summed E-state index contributed by atoms with van der Waals surface area (Å²) in [5, 5.41) is 0. The minimum absolute atomic E-state index is 0. The Morgan fingerprint density at radius 2 is 2.27 bits per heavy atom. The van der Waals surface area contributed by atoms with E-state index in [1.165, 1.54) is 6.08 Å². The van der Waals surface area contributed by atoms with Gasteiger partial charge in [-0.1, -0.05) is 6.92 Å². The molecule has 0 radical (unpaired) electrons. The molecule has 0 fully saturated rings. The van der Waals surface area contributed by atoms with Gasteiger partial charge in [0.25, 0.3) is 0 Å². The Balaban J connectivity index is 0. The Labute approximate surface area is 83.1 Å². The van der Waals surface area contributed by atoms with Crippen LogP contribution in [0.5, 0.6) is 0 Å². The number of hydrogen-bond acceptors (Lipinski definition) is 0. The zero-order valence-electron chi connectivity index (χ0n) is 6.54. The van der Waals surface area contributed by atoms with Crippen LogP contribution in [-0.4, -0.2) is 4.98 Å². The van der Waals surface area contributed by atoms with Crippen molar-refractivity contribution in [1.82, 2.24) is 4.98 Å². The van der Waals surface area contributed by atoms with Crippen LogP contribution in [0.2, 0.25) is 0 Å². The Kier molecular flexibility index (Phi) is 14.5. The first kappa shape index (κ1) is 13.1. The van der Waals surface area contributed by atoms with E-state index in [0.717, 1.165) is 0 Å². The molecule has 0 unspecified atom stereocenters. The third kappa shape index (κ3) is 12.6. The predicted molar refractivity (Wildman–Crippen MR) is 43.3 cm³/mol. The monoisotopic (exact) mass is 181 g/mol. The average molecular weight is 181 g/mol. The Morgan fingerprint density at radius 3 is 2.36 bits per heavy atom. The van der Waals surface area contributed by atoms with Gasteiger partial charge < -0.3 is 4.98 Å². The third-order valence-electron chi connectivity index (χ3n) is 0.746. The molecule has 56 valence electrons. The minimum Gasteiger partial charge on any atom is -0.484 e. The van der Waals surface area contributed by atoms with E-state index in [2.05, 4.69) is 11.2 Å². The molecule has 2 heteroatoms. The van der Waals surface area contributed by atoms with Gasteiger partial charge in [-0.25, -0.2) is 12.2 Å². The summed E-state index contributed by atoms with van der Waals surface area (Å²) >= 11 is 0. The predicted octanol–water partition coefficient (Wildman–Crippen LogP) is 2.36. The molecule has 0 aliphatic rings. The number of nitrogens with one attached hydrogen (secondary N) is 1. The SMILES string of the molecule is [CH-]=CC=CC.[Ti+2].[c-]1ccc[nH]1. The first-order valence-corrected chi connectivity index (χ1v) is 3.07. The molecule has 1 aromatic heterocycles. The van der Waals surface area contributed by atoms with Crippen LogP contribution in [0.1, 0.15) is 6.92 Å². The molecule has 1 heterocycles. The van der Waals surface area contributed by atoms with Crippen molar-refractivity contribution in [3.05, 3.63) is 49.3 Å². The fraction of sp³-hybridized carbons (Fsp3) is 0.111. The van der Waals surface area contributed by atoms with Gasteiger partial charge in [0.05, 0.1) is 0 Å². The maximum atomic E-state index is 4.93. The second kappa shape index (κ2) is 12.2. The molecule has 0 amide bonds. The number of aromatic nitrogens is 1. The summed E-state index contributed by atoms with van der Waals surface area (Å²) in [5.74, 6) is 0. The Hall–Kier alpha value is -0.526. The van der Waals surface area contributed by atoms with Gasteiger partial charge in [0.2, 0.25) is 0 Å². The largest absolute Gasteiger partial charge is 2.00 e. The van der Waals surface area contributed by atoms with E-state index in [1.807, 2.05) is 31.3 Å². The van der Waals surface area contributed by atoms with Gasteiger partial charge >= 0.3 is 21.7 Å². The van der Waals surface area contributed by atoms with E-state index in [4.69, 9.17) is 6.58 Å². The van der Waals surface area contributed by atoms with E-state index >= 15 is 0 Å². The number of H-pyrrole nitrogens is 1. The maximum Gasteiger partial charge on any atom is 2.00 e. The standard InChI is InChI=1S/C5H7.C4H4N.Ti/c1-3-5-4-2;1-2-4-5-3-1;/h1,3-5H,2H3;1-3,5H;/q2*-1;+2. The van der Waals surface area contributed by atoms with E-state index in [1.54, 1.807) is 6.08 Å². The fourth-order valence-corrected chi connectivity index (χ4v) is 0.352. The molecule has 0 bridgehead atoms. The molecule has 11 heavy (non-hydrogen) atoms. The Morgan fingerprint density at radius 1 is 1.55 bits per heavy atom. The van der Waals surface area contributed by atoms with Gasteiger partial charge in [-0.2, -0.15) is 24.4 Å². The summed E-state index contributed by atoms with van der Waals surface area (Å²) in [6.45, 7) is 6.85. The number of hydrogen-bond donors (Lipinski definition) is 1. The quantitative estimate of drug-likeness (QED) is 0.389. The van der Waals surface area contributed by atoms with Crippen LogP contribution < -0.4 is 0 Å². The van der Waals surface area contributed by atoms with Gasteiger partial charge in [0.1, 0.15) is 0 Å². The smallest absolute Gasteiger partial charge is 0.484 e. The van der Waals surface area contributed by atoms with Crippen molar-refractivity contribution in [2.24, 2.45) is 0 Å². The molecule has 0 atom stereocenters.